The molecule has 0 bridgehead atoms. The van der Waals surface area contributed by atoms with Crippen molar-refractivity contribution in [2.45, 2.75) is 13.5 Å². The summed E-state index contributed by atoms with van der Waals surface area (Å²) in [6.45, 7) is 2.61. The SMILES string of the molecule is Cc1cc(NCc2cccc3ccccc23)nc(N)n1. The molecule has 2 aromatic carbocycles. The molecule has 0 amide bonds. The number of nitrogen functional groups attached to an aromatic ring is 1. The summed E-state index contributed by atoms with van der Waals surface area (Å²) in [5.74, 6) is 1.05. The van der Waals surface area contributed by atoms with Gasteiger partial charge in [-0.05, 0) is 23.3 Å². The minimum absolute atomic E-state index is 0.297. The van der Waals surface area contributed by atoms with Crippen LogP contribution in [-0.2, 0) is 6.54 Å². The van der Waals surface area contributed by atoms with Crippen LogP contribution in [0.4, 0.5) is 11.8 Å². The summed E-state index contributed by atoms with van der Waals surface area (Å²) in [6.07, 6.45) is 0. The molecule has 0 saturated carbocycles. The molecule has 0 saturated heterocycles. The van der Waals surface area contributed by atoms with Gasteiger partial charge in [-0.2, -0.15) is 4.98 Å². The second kappa shape index (κ2) is 5.17. The monoisotopic (exact) mass is 264 g/mol. The predicted octanol–water partition coefficient (Wildman–Crippen LogP) is 3.13. The number of benzene rings is 2. The Balaban J connectivity index is 1.87. The molecule has 3 rings (SSSR count). The third-order valence-electron chi connectivity index (χ3n) is 3.21. The zero-order valence-electron chi connectivity index (χ0n) is 11.3. The van der Waals surface area contributed by atoms with E-state index in [2.05, 4.69) is 51.7 Å². The van der Waals surface area contributed by atoms with Crippen LogP contribution >= 0.6 is 0 Å². The number of nitrogens with one attached hydrogen (secondary N) is 1. The number of fused-ring (bicyclic) bond motifs is 1. The van der Waals surface area contributed by atoms with E-state index in [1.807, 2.05) is 19.1 Å². The fourth-order valence-electron chi connectivity index (χ4n) is 2.31. The Labute approximate surface area is 117 Å². The first-order chi connectivity index (χ1) is 9.72. The lowest BCUT2D eigenvalue weighted by molar-refractivity contribution is 1.07. The van der Waals surface area contributed by atoms with E-state index in [0.717, 1.165) is 11.5 Å². The van der Waals surface area contributed by atoms with Crippen molar-refractivity contribution in [2.75, 3.05) is 11.1 Å². The van der Waals surface area contributed by atoms with Gasteiger partial charge in [0.15, 0.2) is 0 Å². The van der Waals surface area contributed by atoms with Crippen molar-refractivity contribution in [3.05, 3.63) is 59.8 Å². The summed E-state index contributed by atoms with van der Waals surface area (Å²) in [7, 11) is 0. The largest absolute Gasteiger partial charge is 0.368 e. The highest BCUT2D eigenvalue weighted by Crippen LogP contribution is 2.19. The number of aromatic nitrogens is 2. The molecule has 100 valence electrons. The molecule has 0 spiro atoms. The first-order valence-corrected chi connectivity index (χ1v) is 6.54. The number of nitrogens with zero attached hydrogens (tertiary/aromatic N) is 2. The summed E-state index contributed by atoms with van der Waals surface area (Å²) in [6, 6.07) is 16.5. The zero-order valence-corrected chi connectivity index (χ0v) is 11.3. The molecular formula is C16H16N4. The van der Waals surface area contributed by atoms with Gasteiger partial charge in [0, 0.05) is 18.3 Å². The van der Waals surface area contributed by atoms with Gasteiger partial charge in [0.2, 0.25) is 5.95 Å². The summed E-state index contributed by atoms with van der Waals surface area (Å²) >= 11 is 0. The summed E-state index contributed by atoms with van der Waals surface area (Å²) in [5, 5.41) is 5.80. The molecule has 1 heterocycles. The first-order valence-electron chi connectivity index (χ1n) is 6.54. The molecule has 4 heteroatoms. The number of nitrogens with two attached hydrogens (primary N) is 1. The molecule has 4 nitrogen and oxygen atoms in total. The van der Waals surface area contributed by atoms with Crippen LogP contribution in [0.3, 0.4) is 0 Å². The van der Waals surface area contributed by atoms with Gasteiger partial charge in [-0.25, -0.2) is 4.98 Å². The average molecular weight is 264 g/mol. The van der Waals surface area contributed by atoms with Crippen LogP contribution in [0.25, 0.3) is 10.8 Å². The number of hydrogen-bond donors (Lipinski definition) is 2. The maximum Gasteiger partial charge on any atom is 0.222 e. The van der Waals surface area contributed by atoms with E-state index < -0.39 is 0 Å². The Kier molecular flexibility index (Phi) is 3.21. The molecule has 1 aromatic heterocycles. The quantitative estimate of drug-likeness (QED) is 0.763. The van der Waals surface area contributed by atoms with Crippen LogP contribution in [0, 0.1) is 6.92 Å². The maximum absolute atomic E-state index is 5.66. The van der Waals surface area contributed by atoms with Gasteiger partial charge in [0.05, 0.1) is 0 Å². The van der Waals surface area contributed by atoms with Crippen molar-refractivity contribution in [2.24, 2.45) is 0 Å². The number of aryl methyl sites for hydroxylation is 1. The van der Waals surface area contributed by atoms with Gasteiger partial charge < -0.3 is 11.1 Å². The van der Waals surface area contributed by atoms with E-state index >= 15 is 0 Å². The van der Waals surface area contributed by atoms with Gasteiger partial charge in [-0.3, -0.25) is 0 Å². The average Bonchev–Trinajstić information content (AvgIpc) is 2.44. The third-order valence-corrected chi connectivity index (χ3v) is 3.21. The third kappa shape index (κ3) is 2.54. The van der Waals surface area contributed by atoms with Crippen molar-refractivity contribution in [1.29, 1.82) is 0 Å². The minimum Gasteiger partial charge on any atom is -0.368 e. The van der Waals surface area contributed by atoms with Crippen molar-refractivity contribution < 1.29 is 0 Å². The summed E-state index contributed by atoms with van der Waals surface area (Å²) in [5.41, 5.74) is 7.75. The molecule has 20 heavy (non-hydrogen) atoms. The van der Waals surface area contributed by atoms with Crippen LogP contribution < -0.4 is 11.1 Å². The highest BCUT2D eigenvalue weighted by atomic mass is 15.1. The smallest absolute Gasteiger partial charge is 0.222 e. The summed E-state index contributed by atoms with van der Waals surface area (Å²) < 4.78 is 0. The van der Waals surface area contributed by atoms with Gasteiger partial charge in [0.1, 0.15) is 5.82 Å². The predicted molar refractivity (Wildman–Crippen MR) is 82.5 cm³/mol. The molecule has 0 aliphatic heterocycles. The van der Waals surface area contributed by atoms with Crippen molar-refractivity contribution in [1.82, 2.24) is 9.97 Å². The van der Waals surface area contributed by atoms with Gasteiger partial charge in [-0.15, -0.1) is 0 Å². The van der Waals surface area contributed by atoms with Crippen LogP contribution in [-0.4, -0.2) is 9.97 Å². The van der Waals surface area contributed by atoms with Crippen molar-refractivity contribution in [3.8, 4) is 0 Å². The molecule has 0 fully saturated rings. The molecule has 3 aromatic rings. The van der Waals surface area contributed by atoms with E-state index in [-0.39, 0.29) is 0 Å². The summed E-state index contributed by atoms with van der Waals surface area (Å²) in [4.78, 5) is 8.25. The molecule has 0 atom stereocenters. The Morgan fingerprint density at radius 1 is 1.05 bits per heavy atom. The van der Waals surface area contributed by atoms with E-state index in [0.29, 0.717) is 12.5 Å². The van der Waals surface area contributed by atoms with E-state index in [4.69, 9.17) is 5.73 Å². The van der Waals surface area contributed by atoms with Gasteiger partial charge in [-0.1, -0.05) is 42.5 Å². The highest BCUT2D eigenvalue weighted by molar-refractivity contribution is 5.85. The Hall–Kier alpha value is -2.62. The van der Waals surface area contributed by atoms with Crippen LogP contribution in [0.2, 0.25) is 0 Å². The van der Waals surface area contributed by atoms with E-state index in [1.54, 1.807) is 0 Å². The van der Waals surface area contributed by atoms with Gasteiger partial charge in [0.25, 0.3) is 0 Å². The Morgan fingerprint density at radius 3 is 2.70 bits per heavy atom. The molecule has 0 aliphatic carbocycles. The van der Waals surface area contributed by atoms with Gasteiger partial charge >= 0.3 is 0 Å². The first kappa shape index (κ1) is 12.4. The standard InChI is InChI=1S/C16H16N4/c1-11-9-15(20-16(17)19-11)18-10-13-7-4-6-12-5-2-3-8-14(12)13/h2-9H,10H2,1H3,(H3,17,18,19,20). The molecule has 0 unspecified atom stereocenters. The lowest BCUT2D eigenvalue weighted by Gasteiger charge is -2.09. The topological polar surface area (TPSA) is 63.8 Å². The van der Waals surface area contributed by atoms with Crippen LogP contribution in [0.15, 0.2) is 48.5 Å². The zero-order chi connectivity index (χ0) is 13.9. The van der Waals surface area contributed by atoms with E-state index in [9.17, 15) is 0 Å². The second-order valence-corrected chi connectivity index (χ2v) is 4.74. The minimum atomic E-state index is 0.297. The van der Waals surface area contributed by atoms with Crippen molar-refractivity contribution in [3.63, 3.8) is 0 Å². The van der Waals surface area contributed by atoms with Crippen LogP contribution in [0.5, 0.6) is 0 Å². The van der Waals surface area contributed by atoms with Crippen LogP contribution in [0.1, 0.15) is 11.3 Å². The molecule has 3 N–H and O–H groups in total. The molecular weight excluding hydrogens is 248 g/mol. The molecule has 0 aliphatic rings. The fraction of sp³-hybridized carbons (Fsp3) is 0.125. The number of anilines is 2. The number of rotatable bonds is 3. The Morgan fingerprint density at radius 2 is 1.85 bits per heavy atom. The lowest BCUT2D eigenvalue weighted by atomic mass is 10.0. The second-order valence-electron chi connectivity index (χ2n) is 4.74. The number of hydrogen-bond acceptors (Lipinski definition) is 4. The molecule has 0 radical (unpaired) electrons. The Bertz CT molecular complexity index is 727. The lowest BCUT2D eigenvalue weighted by Crippen LogP contribution is -2.05. The van der Waals surface area contributed by atoms with Crippen molar-refractivity contribution >= 4 is 22.5 Å². The fourth-order valence-corrected chi connectivity index (χ4v) is 2.31. The maximum atomic E-state index is 5.66. The van der Waals surface area contributed by atoms with E-state index in [1.165, 1.54) is 16.3 Å². The highest BCUT2D eigenvalue weighted by Gasteiger charge is 2.02. The normalized spacial score (nSPS) is 10.7.